The second kappa shape index (κ2) is 6.36. The lowest BCUT2D eigenvalue weighted by Gasteiger charge is -2.31. The molecule has 124 valence electrons. The van der Waals surface area contributed by atoms with Crippen LogP contribution in [0.4, 0.5) is 5.69 Å². The van der Waals surface area contributed by atoms with Gasteiger partial charge in [0.15, 0.2) is 0 Å². The lowest BCUT2D eigenvalue weighted by molar-refractivity contribution is -0.123. The number of amides is 1. The Hall–Kier alpha value is -2.20. The maximum atomic E-state index is 12.9. The molecule has 1 amide bonds. The molecule has 0 spiro atoms. The van der Waals surface area contributed by atoms with E-state index in [4.69, 9.17) is 0 Å². The molecule has 0 bridgehead atoms. The highest BCUT2D eigenvalue weighted by molar-refractivity contribution is 5.97. The maximum absolute atomic E-state index is 12.9. The molecule has 0 N–H and O–H groups in total. The molecule has 2 aromatic rings. The summed E-state index contributed by atoms with van der Waals surface area (Å²) in [6.07, 6.45) is 6.55. The summed E-state index contributed by atoms with van der Waals surface area (Å²) < 4.78 is 0. The number of anilines is 1. The van der Waals surface area contributed by atoms with E-state index >= 15 is 0 Å². The molecule has 0 aliphatic carbocycles. The third-order valence-corrected chi connectivity index (χ3v) is 5.32. The molecule has 1 fully saturated rings. The number of pyridine rings is 1. The van der Waals surface area contributed by atoms with Crippen molar-refractivity contribution in [3.63, 3.8) is 0 Å². The van der Waals surface area contributed by atoms with Crippen LogP contribution in [0.3, 0.4) is 0 Å². The first-order valence-electron chi connectivity index (χ1n) is 8.75. The zero-order chi connectivity index (χ0) is 16.5. The topological polar surface area (TPSA) is 36.4 Å². The average Bonchev–Trinajstić information content (AvgIpc) is 3.05. The van der Waals surface area contributed by atoms with Gasteiger partial charge in [0, 0.05) is 30.5 Å². The molecular formula is C20H23N3O. The largest absolute Gasteiger partial charge is 0.312 e. The fourth-order valence-corrected chi connectivity index (χ4v) is 3.83. The van der Waals surface area contributed by atoms with Crippen LogP contribution in [-0.4, -0.2) is 42.5 Å². The summed E-state index contributed by atoms with van der Waals surface area (Å²) in [5.74, 6) is 0.505. The van der Waals surface area contributed by atoms with Gasteiger partial charge in [-0.2, -0.15) is 0 Å². The summed E-state index contributed by atoms with van der Waals surface area (Å²) in [7, 11) is 2.13. The van der Waals surface area contributed by atoms with Crippen LogP contribution in [0.5, 0.6) is 0 Å². The lowest BCUT2D eigenvalue weighted by atomic mass is 9.95. The number of carbonyl (C=O) groups excluding carboxylic acids is 1. The molecule has 0 saturated carbocycles. The zero-order valence-corrected chi connectivity index (χ0v) is 14.1. The molecular weight excluding hydrogens is 298 g/mol. The van der Waals surface area contributed by atoms with Crippen molar-refractivity contribution in [1.29, 1.82) is 0 Å². The maximum Gasteiger partial charge on any atom is 0.230 e. The monoisotopic (exact) mass is 321 g/mol. The van der Waals surface area contributed by atoms with Crippen LogP contribution < -0.4 is 4.90 Å². The van der Waals surface area contributed by atoms with Gasteiger partial charge in [-0.25, -0.2) is 0 Å². The zero-order valence-electron chi connectivity index (χ0n) is 14.1. The molecule has 0 radical (unpaired) electrons. The van der Waals surface area contributed by atoms with Crippen molar-refractivity contribution in [3.8, 4) is 11.1 Å². The van der Waals surface area contributed by atoms with Crippen molar-refractivity contribution in [1.82, 2.24) is 9.88 Å². The van der Waals surface area contributed by atoms with E-state index < -0.39 is 0 Å². The molecule has 4 rings (SSSR count). The van der Waals surface area contributed by atoms with Crippen molar-refractivity contribution in [3.05, 3.63) is 48.3 Å². The number of fused-ring (bicyclic) bond motifs is 1. The number of likely N-dealkylation sites (tertiary alicyclic amines) is 1. The highest BCUT2D eigenvalue weighted by Crippen LogP contribution is 2.34. The van der Waals surface area contributed by atoms with E-state index in [2.05, 4.69) is 35.1 Å². The Bertz CT molecular complexity index is 736. The van der Waals surface area contributed by atoms with Gasteiger partial charge in [-0.05, 0) is 80.4 Å². The molecule has 1 aromatic carbocycles. The van der Waals surface area contributed by atoms with Crippen molar-refractivity contribution in [2.24, 2.45) is 5.92 Å². The van der Waals surface area contributed by atoms with E-state index in [9.17, 15) is 4.79 Å². The van der Waals surface area contributed by atoms with Gasteiger partial charge in [-0.15, -0.1) is 0 Å². The smallest absolute Gasteiger partial charge is 0.230 e. The lowest BCUT2D eigenvalue weighted by Crippen LogP contribution is -2.41. The quantitative estimate of drug-likeness (QED) is 0.853. The van der Waals surface area contributed by atoms with Crippen LogP contribution in [0.25, 0.3) is 11.1 Å². The predicted octanol–water partition coefficient (Wildman–Crippen LogP) is 2.98. The van der Waals surface area contributed by atoms with Gasteiger partial charge < -0.3 is 9.80 Å². The summed E-state index contributed by atoms with van der Waals surface area (Å²) in [6.45, 7) is 2.87. The Morgan fingerprint density at radius 2 is 1.79 bits per heavy atom. The molecule has 3 heterocycles. The van der Waals surface area contributed by atoms with E-state index in [1.807, 2.05) is 29.4 Å². The highest BCUT2D eigenvalue weighted by atomic mass is 16.2. The van der Waals surface area contributed by atoms with Crippen LogP contribution in [0.2, 0.25) is 0 Å². The molecule has 0 unspecified atom stereocenters. The Morgan fingerprint density at radius 1 is 1.04 bits per heavy atom. The first kappa shape index (κ1) is 15.3. The van der Waals surface area contributed by atoms with E-state index in [0.717, 1.165) is 44.6 Å². The summed E-state index contributed by atoms with van der Waals surface area (Å²) in [5, 5.41) is 0. The molecule has 4 heteroatoms. The Kier molecular flexibility index (Phi) is 4.07. The Morgan fingerprint density at radius 3 is 2.54 bits per heavy atom. The van der Waals surface area contributed by atoms with E-state index in [1.165, 1.54) is 16.7 Å². The first-order valence-corrected chi connectivity index (χ1v) is 8.75. The van der Waals surface area contributed by atoms with Gasteiger partial charge >= 0.3 is 0 Å². The molecule has 4 nitrogen and oxygen atoms in total. The fraction of sp³-hybridized carbons (Fsp3) is 0.400. The number of benzene rings is 1. The fourth-order valence-electron chi connectivity index (χ4n) is 3.83. The van der Waals surface area contributed by atoms with Gasteiger partial charge in [0.25, 0.3) is 0 Å². The third kappa shape index (κ3) is 2.82. The summed E-state index contributed by atoms with van der Waals surface area (Å²) in [6, 6.07) is 10.5. The van der Waals surface area contributed by atoms with Crippen molar-refractivity contribution >= 4 is 11.6 Å². The van der Waals surface area contributed by atoms with Crippen LogP contribution in [0.1, 0.15) is 18.4 Å². The van der Waals surface area contributed by atoms with E-state index in [1.54, 1.807) is 0 Å². The highest BCUT2D eigenvalue weighted by Gasteiger charge is 2.31. The Balaban J connectivity index is 1.55. The normalized spacial score (nSPS) is 18.6. The third-order valence-electron chi connectivity index (χ3n) is 5.32. The molecule has 24 heavy (non-hydrogen) atoms. The van der Waals surface area contributed by atoms with Crippen molar-refractivity contribution < 1.29 is 4.79 Å². The van der Waals surface area contributed by atoms with Gasteiger partial charge in [0.2, 0.25) is 5.91 Å². The second-order valence-corrected chi connectivity index (χ2v) is 6.90. The summed E-state index contributed by atoms with van der Waals surface area (Å²) in [4.78, 5) is 21.3. The van der Waals surface area contributed by atoms with Crippen LogP contribution in [-0.2, 0) is 11.2 Å². The molecule has 2 aliphatic rings. The number of aromatic nitrogens is 1. The van der Waals surface area contributed by atoms with Crippen molar-refractivity contribution in [2.75, 3.05) is 31.6 Å². The summed E-state index contributed by atoms with van der Waals surface area (Å²) >= 11 is 0. The number of piperidine rings is 1. The number of rotatable bonds is 2. The minimum absolute atomic E-state index is 0.187. The number of nitrogens with zero attached hydrogens (tertiary/aromatic N) is 3. The molecule has 1 saturated heterocycles. The minimum Gasteiger partial charge on any atom is -0.312 e. The number of carbonyl (C=O) groups is 1. The van der Waals surface area contributed by atoms with Crippen LogP contribution in [0, 0.1) is 5.92 Å². The molecule has 2 aliphatic heterocycles. The second-order valence-electron chi connectivity index (χ2n) is 6.90. The summed E-state index contributed by atoms with van der Waals surface area (Å²) in [5.41, 5.74) is 4.76. The minimum atomic E-state index is 0.187. The van der Waals surface area contributed by atoms with Crippen molar-refractivity contribution in [2.45, 2.75) is 19.3 Å². The molecule has 0 atom stereocenters. The van der Waals surface area contributed by atoms with E-state index in [-0.39, 0.29) is 5.92 Å². The van der Waals surface area contributed by atoms with E-state index in [0.29, 0.717) is 5.91 Å². The van der Waals surface area contributed by atoms with Gasteiger partial charge in [0.1, 0.15) is 0 Å². The first-order chi connectivity index (χ1) is 11.7. The van der Waals surface area contributed by atoms with Crippen LogP contribution in [0.15, 0.2) is 42.7 Å². The number of hydrogen-bond donors (Lipinski definition) is 0. The standard InChI is InChI=1S/C20H23N3O/c1-22-11-6-16(7-12-22)20(24)23-13-8-18-14-17(2-3-19(18)23)15-4-9-21-10-5-15/h2-5,9-10,14,16H,6-8,11-13H2,1H3. The van der Waals surface area contributed by atoms with Crippen LogP contribution >= 0.6 is 0 Å². The average molecular weight is 321 g/mol. The van der Waals surface area contributed by atoms with Gasteiger partial charge in [-0.1, -0.05) is 6.07 Å². The Labute approximate surface area is 143 Å². The predicted molar refractivity (Wildman–Crippen MR) is 96.0 cm³/mol. The SMILES string of the molecule is CN1CCC(C(=O)N2CCc3cc(-c4ccncc4)ccc32)CC1. The van der Waals surface area contributed by atoms with Gasteiger partial charge in [0.05, 0.1) is 0 Å². The van der Waals surface area contributed by atoms with Gasteiger partial charge in [-0.3, -0.25) is 9.78 Å². The molecule has 1 aromatic heterocycles. The number of hydrogen-bond acceptors (Lipinski definition) is 3.